The van der Waals surface area contributed by atoms with Crippen LogP contribution in [0, 0.1) is 11.3 Å². The van der Waals surface area contributed by atoms with Crippen molar-refractivity contribution < 1.29 is 9.59 Å². The molecule has 0 aromatic heterocycles. The topological polar surface area (TPSA) is 82.0 Å². The first-order valence-electron chi connectivity index (χ1n) is 4.68. The first kappa shape index (κ1) is 11.2. The van der Waals surface area contributed by atoms with Gasteiger partial charge in [-0.05, 0) is 6.07 Å². The first-order valence-corrected chi connectivity index (χ1v) is 5.13. The third kappa shape index (κ3) is 1.77. The molecule has 0 bridgehead atoms. The van der Waals surface area contributed by atoms with Gasteiger partial charge in [-0.2, -0.15) is 5.26 Å². The minimum absolute atomic E-state index is 0.168. The number of amides is 2. The lowest BCUT2D eigenvalue weighted by atomic mass is 10.1. The molecule has 2 rings (SSSR count). The van der Waals surface area contributed by atoms with Gasteiger partial charge < -0.3 is 5.32 Å². The standard InChI is InChI=1S/C11H7N3O2S/c12-5-8(11(16)14-17)9-6-3-1-2-4-7(6)10(15)13-9/h1-4,17H,(H,13,15)(H,14,16). The van der Waals surface area contributed by atoms with Crippen LogP contribution in [-0.4, -0.2) is 11.8 Å². The number of nitriles is 1. The van der Waals surface area contributed by atoms with E-state index in [0.717, 1.165) is 0 Å². The summed E-state index contributed by atoms with van der Waals surface area (Å²) in [4.78, 5) is 23.0. The number of rotatable bonds is 1. The zero-order valence-electron chi connectivity index (χ0n) is 8.52. The van der Waals surface area contributed by atoms with Crippen LogP contribution in [0.5, 0.6) is 0 Å². The minimum atomic E-state index is -0.650. The molecule has 0 aliphatic carbocycles. The monoisotopic (exact) mass is 245 g/mol. The molecule has 0 fully saturated rings. The summed E-state index contributed by atoms with van der Waals surface area (Å²) in [6.07, 6.45) is 0. The molecule has 1 aromatic rings. The first-order chi connectivity index (χ1) is 8.19. The lowest BCUT2D eigenvalue weighted by Crippen LogP contribution is -2.20. The predicted octanol–water partition coefficient (Wildman–Crippen LogP) is 0.626. The van der Waals surface area contributed by atoms with E-state index < -0.39 is 5.91 Å². The van der Waals surface area contributed by atoms with Crippen molar-refractivity contribution in [3.05, 3.63) is 41.0 Å². The van der Waals surface area contributed by atoms with Crippen LogP contribution in [0.4, 0.5) is 0 Å². The zero-order chi connectivity index (χ0) is 12.4. The van der Waals surface area contributed by atoms with E-state index in [4.69, 9.17) is 5.26 Å². The summed E-state index contributed by atoms with van der Waals surface area (Å²) in [5.74, 6) is -0.974. The highest BCUT2D eigenvalue weighted by Crippen LogP contribution is 2.26. The van der Waals surface area contributed by atoms with Gasteiger partial charge in [-0.1, -0.05) is 31.0 Å². The molecule has 1 aliphatic heterocycles. The smallest absolute Gasteiger partial charge is 0.273 e. The Morgan fingerprint density at radius 1 is 1.35 bits per heavy atom. The van der Waals surface area contributed by atoms with Crippen LogP contribution in [0.2, 0.25) is 0 Å². The van der Waals surface area contributed by atoms with E-state index in [1.807, 2.05) is 0 Å². The highest BCUT2D eigenvalue weighted by molar-refractivity contribution is 7.78. The van der Waals surface area contributed by atoms with Gasteiger partial charge in [-0.25, -0.2) is 0 Å². The Kier molecular flexibility index (Phi) is 2.85. The number of hydrogen-bond acceptors (Lipinski definition) is 4. The number of fused-ring (bicyclic) bond motifs is 1. The SMILES string of the molecule is N#CC(C(=O)NS)=C1NC(=O)c2ccccc21. The van der Waals surface area contributed by atoms with Gasteiger partial charge in [0.15, 0.2) is 0 Å². The van der Waals surface area contributed by atoms with Gasteiger partial charge in [-0.3, -0.25) is 14.3 Å². The van der Waals surface area contributed by atoms with Crippen molar-refractivity contribution >= 4 is 30.3 Å². The summed E-state index contributed by atoms with van der Waals surface area (Å²) in [5, 5.41) is 11.5. The van der Waals surface area contributed by atoms with Gasteiger partial charge >= 0.3 is 0 Å². The lowest BCUT2D eigenvalue weighted by molar-refractivity contribution is -0.115. The molecule has 84 valence electrons. The molecule has 0 radical (unpaired) electrons. The normalized spacial score (nSPS) is 15.6. The number of benzene rings is 1. The summed E-state index contributed by atoms with van der Waals surface area (Å²) in [7, 11) is 0. The van der Waals surface area contributed by atoms with Crippen LogP contribution in [0.1, 0.15) is 15.9 Å². The highest BCUT2D eigenvalue weighted by atomic mass is 32.1. The zero-order valence-corrected chi connectivity index (χ0v) is 9.41. The molecule has 1 heterocycles. The lowest BCUT2D eigenvalue weighted by Gasteiger charge is -2.02. The second-order valence-electron chi connectivity index (χ2n) is 3.30. The Labute approximate surface area is 103 Å². The maximum Gasteiger partial charge on any atom is 0.273 e. The predicted molar refractivity (Wildman–Crippen MR) is 63.6 cm³/mol. The van der Waals surface area contributed by atoms with E-state index >= 15 is 0 Å². The van der Waals surface area contributed by atoms with E-state index in [1.165, 1.54) is 0 Å². The van der Waals surface area contributed by atoms with Crippen LogP contribution < -0.4 is 10.0 Å². The third-order valence-electron chi connectivity index (χ3n) is 2.37. The van der Waals surface area contributed by atoms with Crippen LogP contribution in [-0.2, 0) is 4.79 Å². The van der Waals surface area contributed by atoms with E-state index in [1.54, 1.807) is 30.3 Å². The van der Waals surface area contributed by atoms with Gasteiger partial charge in [-0.15, -0.1) is 0 Å². The van der Waals surface area contributed by atoms with Crippen LogP contribution in [0.3, 0.4) is 0 Å². The molecule has 6 heteroatoms. The molecule has 5 nitrogen and oxygen atoms in total. The van der Waals surface area contributed by atoms with Crippen molar-refractivity contribution in [3.8, 4) is 6.07 Å². The quantitative estimate of drug-likeness (QED) is 0.385. The summed E-state index contributed by atoms with van der Waals surface area (Å²) in [6.45, 7) is 0. The second-order valence-corrected chi connectivity index (χ2v) is 3.53. The largest absolute Gasteiger partial charge is 0.320 e. The van der Waals surface area contributed by atoms with E-state index in [9.17, 15) is 9.59 Å². The second kappa shape index (κ2) is 4.31. The Hall–Kier alpha value is -2.26. The van der Waals surface area contributed by atoms with Gasteiger partial charge in [0, 0.05) is 11.1 Å². The number of nitrogens with one attached hydrogen (secondary N) is 2. The average Bonchev–Trinajstić information content (AvgIpc) is 2.68. The van der Waals surface area contributed by atoms with Gasteiger partial charge in [0.25, 0.3) is 11.8 Å². The van der Waals surface area contributed by atoms with Gasteiger partial charge in [0.1, 0.15) is 11.6 Å². The number of nitrogens with zero attached hydrogens (tertiary/aromatic N) is 1. The van der Waals surface area contributed by atoms with Gasteiger partial charge in [0.05, 0.1) is 5.70 Å². The Morgan fingerprint density at radius 2 is 2.00 bits per heavy atom. The molecule has 1 aliphatic rings. The van der Waals surface area contributed by atoms with Crippen molar-refractivity contribution in [1.29, 1.82) is 5.26 Å². The van der Waals surface area contributed by atoms with Crippen molar-refractivity contribution in [2.75, 3.05) is 0 Å². The molecule has 0 saturated carbocycles. The molecule has 1 aromatic carbocycles. The summed E-state index contributed by atoms with van der Waals surface area (Å²) < 4.78 is 2.06. The fourth-order valence-corrected chi connectivity index (χ4v) is 1.73. The van der Waals surface area contributed by atoms with E-state index in [0.29, 0.717) is 11.1 Å². The van der Waals surface area contributed by atoms with Crippen molar-refractivity contribution in [3.63, 3.8) is 0 Å². The van der Waals surface area contributed by atoms with Crippen LogP contribution in [0.15, 0.2) is 29.8 Å². The van der Waals surface area contributed by atoms with E-state index in [2.05, 4.69) is 22.9 Å². The number of thiol groups is 1. The van der Waals surface area contributed by atoms with E-state index in [-0.39, 0.29) is 17.2 Å². The maximum absolute atomic E-state index is 11.6. The molecule has 2 amide bonds. The van der Waals surface area contributed by atoms with Crippen molar-refractivity contribution in [1.82, 2.24) is 10.0 Å². The van der Waals surface area contributed by atoms with Gasteiger partial charge in [0.2, 0.25) is 0 Å². The van der Waals surface area contributed by atoms with Crippen molar-refractivity contribution in [2.24, 2.45) is 0 Å². The fourth-order valence-electron chi connectivity index (χ4n) is 1.62. The molecular weight excluding hydrogens is 238 g/mol. The summed E-state index contributed by atoms with van der Waals surface area (Å²) >= 11 is 3.60. The Morgan fingerprint density at radius 3 is 2.59 bits per heavy atom. The molecule has 17 heavy (non-hydrogen) atoms. The minimum Gasteiger partial charge on any atom is -0.320 e. The highest BCUT2D eigenvalue weighted by Gasteiger charge is 2.28. The average molecular weight is 245 g/mol. The van der Waals surface area contributed by atoms with Crippen molar-refractivity contribution in [2.45, 2.75) is 0 Å². The Bertz CT molecular complexity index is 587. The molecule has 0 spiro atoms. The number of carbonyl (C=O) groups is 2. The number of hydrogen-bond donors (Lipinski definition) is 3. The number of carbonyl (C=O) groups excluding carboxylic acids is 2. The molecule has 0 unspecified atom stereocenters. The molecular formula is C11H7N3O2S. The Balaban J connectivity index is 2.64. The maximum atomic E-state index is 11.6. The fraction of sp³-hybridized carbons (Fsp3) is 0. The molecule has 0 atom stereocenters. The molecule has 0 saturated heterocycles. The van der Waals surface area contributed by atoms with Crippen LogP contribution in [0.25, 0.3) is 5.70 Å². The summed E-state index contributed by atoms with van der Waals surface area (Å²) in [5.41, 5.74) is 1.05. The summed E-state index contributed by atoms with van der Waals surface area (Å²) in [6, 6.07) is 8.51. The third-order valence-corrected chi connectivity index (χ3v) is 2.57. The van der Waals surface area contributed by atoms with Crippen LogP contribution >= 0.6 is 12.8 Å². The molecule has 2 N–H and O–H groups in total.